The van der Waals surface area contributed by atoms with Crippen LogP contribution >= 0.6 is 0 Å². The van der Waals surface area contributed by atoms with E-state index in [1.54, 1.807) is 11.2 Å². The van der Waals surface area contributed by atoms with Crippen molar-refractivity contribution in [2.75, 3.05) is 49.6 Å². The molecule has 3 heterocycles. The summed E-state index contributed by atoms with van der Waals surface area (Å²) in [5.41, 5.74) is 0.521. The van der Waals surface area contributed by atoms with Gasteiger partial charge in [-0.2, -0.15) is 0 Å². The third-order valence-electron chi connectivity index (χ3n) is 6.10. The van der Waals surface area contributed by atoms with Gasteiger partial charge in [0.2, 0.25) is 5.91 Å². The number of aromatic nitrogens is 2. The van der Waals surface area contributed by atoms with Crippen LogP contribution in [0.2, 0.25) is 0 Å². The lowest BCUT2D eigenvalue weighted by molar-refractivity contribution is -0.129. The second kappa shape index (κ2) is 6.22. The van der Waals surface area contributed by atoms with E-state index in [1.807, 2.05) is 7.05 Å². The van der Waals surface area contributed by atoms with Gasteiger partial charge in [-0.15, -0.1) is 0 Å². The van der Waals surface area contributed by atoms with Crippen LogP contribution in [-0.4, -0.2) is 60.5 Å². The number of hydrogen-bond acceptors (Lipinski definition) is 5. The highest BCUT2D eigenvalue weighted by molar-refractivity contribution is 5.82. The summed E-state index contributed by atoms with van der Waals surface area (Å²) in [6.07, 6.45) is 9.84. The summed E-state index contributed by atoms with van der Waals surface area (Å²) in [6.45, 7) is 4.23. The van der Waals surface area contributed by atoms with Crippen LogP contribution in [0.25, 0.3) is 0 Å². The first-order chi connectivity index (χ1) is 11.7. The third kappa shape index (κ3) is 2.94. The molecule has 1 saturated carbocycles. The maximum atomic E-state index is 12.0. The Bertz CT molecular complexity index is 613. The standard InChI is InChI=1S/C18H27N5O/c1-21-9-10-22(12-17(21)24)15-11-16(20-14-19-15)23-8-7-18(13-23)5-3-2-4-6-18/h11,14H,2-10,12-13H2,1H3. The fourth-order valence-corrected chi connectivity index (χ4v) is 4.48. The van der Waals surface area contributed by atoms with Crippen molar-refractivity contribution in [1.29, 1.82) is 0 Å². The molecule has 2 saturated heterocycles. The summed E-state index contributed by atoms with van der Waals surface area (Å²) in [6, 6.07) is 2.07. The Labute approximate surface area is 143 Å². The number of carbonyl (C=O) groups is 1. The summed E-state index contributed by atoms with van der Waals surface area (Å²) in [5, 5.41) is 0. The van der Waals surface area contributed by atoms with Crippen molar-refractivity contribution in [3.63, 3.8) is 0 Å². The van der Waals surface area contributed by atoms with E-state index in [1.165, 1.54) is 38.5 Å². The van der Waals surface area contributed by atoms with E-state index in [9.17, 15) is 4.79 Å². The molecule has 0 bridgehead atoms. The quantitative estimate of drug-likeness (QED) is 0.830. The van der Waals surface area contributed by atoms with Crippen LogP contribution < -0.4 is 9.80 Å². The van der Waals surface area contributed by atoms with Crippen molar-refractivity contribution in [2.24, 2.45) is 5.41 Å². The molecule has 2 aliphatic heterocycles. The van der Waals surface area contributed by atoms with Crippen LogP contribution in [0.4, 0.5) is 11.6 Å². The number of anilines is 2. The lowest BCUT2D eigenvalue weighted by Gasteiger charge is -2.34. The Morgan fingerprint density at radius 2 is 1.71 bits per heavy atom. The monoisotopic (exact) mass is 329 g/mol. The average molecular weight is 329 g/mol. The van der Waals surface area contributed by atoms with Crippen molar-refractivity contribution in [1.82, 2.24) is 14.9 Å². The van der Waals surface area contributed by atoms with Crippen LogP contribution in [0.3, 0.4) is 0 Å². The molecule has 1 aromatic rings. The SMILES string of the molecule is CN1CCN(c2cc(N3CCC4(CCCCC4)C3)ncn2)CC1=O. The highest BCUT2D eigenvalue weighted by atomic mass is 16.2. The van der Waals surface area contributed by atoms with Crippen molar-refractivity contribution < 1.29 is 4.79 Å². The zero-order valence-electron chi connectivity index (χ0n) is 14.6. The van der Waals surface area contributed by atoms with E-state index in [0.717, 1.165) is 37.8 Å². The maximum Gasteiger partial charge on any atom is 0.241 e. The number of amides is 1. The second-order valence-electron chi connectivity index (χ2n) is 7.70. The average Bonchev–Trinajstić information content (AvgIpc) is 3.01. The van der Waals surface area contributed by atoms with Gasteiger partial charge in [-0.3, -0.25) is 4.79 Å². The minimum Gasteiger partial charge on any atom is -0.356 e. The maximum absolute atomic E-state index is 12.0. The van der Waals surface area contributed by atoms with Gasteiger partial charge in [-0.05, 0) is 24.7 Å². The Morgan fingerprint density at radius 1 is 0.958 bits per heavy atom. The summed E-state index contributed by atoms with van der Waals surface area (Å²) in [5.74, 6) is 2.06. The predicted molar refractivity (Wildman–Crippen MR) is 94.2 cm³/mol. The number of piperazine rings is 1. The van der Waals surface area contributed by atoms with Crippen LogP contribution in [0.15, 0.2) is 12.4 Å². The van der Waals surface area contributed by atoms with Crippen LogP contribution in [0, 0.1) is 5.41 Å². The molecule has 1 aromatic heterocycles. The van der Waals surface area contributed by atoms with Gasteiger partial charge in [0.25, 0.3) is 0 Å². The van der Waals surface area contributed by atoms with Crippen LogP contribution in [0.5, 0.6) is 0 Å². The zero-order valence-corrected chi connectivity index (χ0v) is 14.6. The molecule has 0 N–H and O–H groups in total. The van der Waals surface area contributed by atoms with E-state index < -0.39 is 0 Å². The van der Waals surface area contributed by atoms with Crippen LogP contribution in [-0.2, 0) is 4.79 Å². The Hall–Kier alpha value is -1.85. The molecular formula is C18H27N5O. The first-order valence-corrected chi connectivity index (χ1v) is 9.21. The van der Waals surface area contributed by atoms with Gasteiger partial charge in [0.15, 0.2) is 0 Å². The molecule has 1 amide bonds. The van der Waals surface area contributed by atoms with Gasteiger partial charge in [0, 0.05) is 39.3 Å². The Kier molecular flexibility index (Phi) is 4.06. The molecule has 1 spiro atoms. The van der Waals surface area contributed by atoms with Crippen molar-refractivity contribution in [3.8, 4) is 0 Å². The zero-order chi connectivity index (χ0) is 16.6. The lowest BCUT2D eigenvalue weighted by Crippen LogP contribution is -2.48. The molecule has 6 nitrogen and oxygen atoms in total. The molecule has 4 rings (SSSR count). The molecule has 0 aromatic carbocycles. The number of likely N-dealkylation sites (N-methyl/N-ethyl adjacent to an activating group) is 1. The molecule has 0 unspecified atom stereocenters. The summed E-state index contributed by atoms with van der Waals surface area (Å²) < 4.78 is 0. The smallest absolute Gasteiger partial charge is 0.241 e. The summed E-state index contributed by atoms with van der Waals surface area (Å²) in [4.78, 5) is 27.2. The van der Waals surface area contributed by atoms with E-state index in [2.05, 4.69) is 25.8 Å². The summed E-state index contributed by atoms with van der Waals surface area (Å²) >= 11 is 0. The minimum absolute atomic E-state index is 0.156. The van der Waals surface area contributed by atoms with Gasteiger partial charge in [0.05, 0.1) is 6.54 Å². The van der Waals surface area contributed by atoms with Gasteiger partial charge in [-0.25, -0.2) is 9.97 Å². The summed E-state index contributed by atoms with van der Waals surface area (Å²) in [7, 11) is 1.86. The molecule has 0 radical (unpaired) electrons. The van der Waals surface area contributed by atoms with Gasteiger partial charge in [-0.1, -0.05) is 19.3 Å². The molecule has 3 fully saturated rings. The molecule has 24 heavy (non-hydrogen) atoms. The minimum atomic E-state index is 0.156. The molecule has 3 aliphatic rings. The fourth-order valence-electron chi connectivity index (χ4n) is 4.48. The van der Waals surface area contributed by atoms with Gasteiger partial charge < -0.3 is 14.7 Å². The van der Waals surface area contributed by atoms with Crippen molar-refractivity contribution >= 4 is 17.5 Å². The normalized spacial score (nSPS) is 24.0. The molecule has 130 valence electrons. The second-order valence-corrected chi connectivity index (χ2v) is 7.70. The van der Waals surface area contributed by atoms with E-state index in [-0.39, 0.29) is 5.91 Å². The Balaban J connectivity index is 1.48. The lowest BCUT2D eigenvalue weighted by atomic mass is 9.73. The topological polar surface area (TPSA) is 52.6 Å². The number of carbonyl (C=O) groups excluding carboxylic acids is 1. The van der Waals surface area contributed by atoms with E-state index in [0.29, 0.717) is 12.0 Å². The first-order valence-electron chi connectivity index (χ1n) is 9.21. The van der Waals surface area contributed by atoms with E-state index in [4.69, 9.17) is 0 Å². The molecule has 0 atom stereocenters. The number of rotatable bonds is 2. The fraction of sp³-hybridized carbons (Fsp3) is 0.722. The van der Waals surface area contributed by atoms with Gasteiger partial charge >= 0.3 is 0 Å². The molecule has 6 heteroatoms. The van der Waals surface area contributed by atoms with E-state index >= 15 is 0 Å². The molecular weight excluding hydrogens is 302 g/mol. The predicted octanol–water partition coefficient (Wildman–Crippen LogP) is 1.92. The first kappa shape index (κ1) is 15.7. The third-order valence-corrected chi connectivity index (χ3v) is 6.10. The van der Waals surface area contributed by atoms with Crippen molar-refractivity contribution in [2.45, 2.75) is 38.5 Å². The highest BCUT2D eigenvalue weighted by Crippen LogP contribution is 2.44. The molecule has 1 aliphatic carbocycles. The number of nitrogens with zero attached hydrogens (tertiary/aromatic N) is 5. The number of hydrogen-bond donors (Lipinski definition) is 0. The van der Waals surface area contributed by atoms with Crippen LogP contribution in [0.1, 0.15) is 38.5 Å². The largest absolute Gasteiger partial charge is 0.356 e. The van der Waals surface area contributed by atoms with Gasteiger partial charge in [0.1, 0.15) is 18.0 Å². The highest BCUT2D eigenvalue weighted by Gasteiger charge is 2.39. The van der Waals surface area contributed by atoms with Crippen molar-refractivity contribution in [3.05, 3.63) is 12.4 Å². The Morgan fingerprint density at radius 3 is 2.46 bits per heavy atom.